The predicted molar refractivity (Wildman–Crippen MR) is 75.0 cm³/mol. The molecular weight excluding hydrogens is 242 g/mol. The lowest BCUT2D eigenvalue weighted by Crippen LogP contribution is -2.36. The maximum Gasteiger partial charge on any atom is 0.236 e. The van der Waals surface area contributed by atoms with Gasteiger partial charge in [0.25, 0.3) is 0 Å². The molecule has 1 aliphatic heterocycles. The lowest BCUT2D eigenvalue weighted by Gasteiger charge is -2.19. The maximum atomic E-state index is 11.7. The Morgan fingerprint density at radius 2 is 2.21 bits per heavy atom. The highest BCUT2D eigenvalue weighted by molar-refractivity contribution is 5.78. The van der Waals surface area contributed by atoms with Crippen molar-refractivity contribution in [2.75, 3.05) is 45.6 Å². The minimum Gasteiger partial charge on any atom is -0.492 e. The molecule has 19 heavy (non-hydrogen) atoms. The molecule has 1 saturated heterocycles. The van der Waals surface area contributed by atoms with Gasteiger partial charge in [-0.05, 0) is 18.6 Å². The van der Waals surface area contributed by atoms with Crippen LogP contribution in [0.4, 0.5) is 5.69 Å². The summed E-state index contributed by atoms with van der Waals surface area (Å²) in [6, 6.07) is 7.39. The van der Waals surface area contributed by atoms with Gasteiger partial charge < -0.3 is 15.4 Å². The van der Waals surface area contributed by atoms with E-state index in [1.165, 1.54) is 0 Å². The van der Waals surface area contributed by atoms with Crippen molar-refractivity contribution in [3.05, 3.63) is 24.3 Å². The Morgan fingerprint density at radius 3 is 3.00 bits per heavy atom. The third-order valence-corrected chi connectivity index (χ3v) is 3.29. The van der Waals surface area contributed by atoms with Gasteiger partial charge >= 0.3 is 0 Å². The highest BCUT2D eigenvalue weighted by Crippen LogP contribution is 2.14. The third-order valence-electron chi connectivity index (χ3n) is 3.29. The highest BCUT2D eigenvalue weighted by Gasteiger charge is 2.18. The monoisotopic (exact) mass is 263 g/mol. The second kappa shape index (κ2) is 6.43. The summed E-state index contributed by atoms with van der Waals surface area (Å²) in [6.45, 7) is 3.59. The number of rotatable bonds is 4. The van der Waals surface area contributed by atoms with E-state index in [1.807, 2.05) is 25.2 Å². The van der Waals surface area contributed by atoms with Crippen LogP contribution in [0.1, 0.15) is 6.42 Å². The summed E-state index contributed by atoms with van der Waals surface area (Å²) < 4.78 is 5.65. The first-order valence-corrected chi connectivity index (χ1v) is 6.60. The zero-order chi connectivity index (χ0) is 13.7. The van der Waals surface area contributed by atoms with Crippen LogP contribution in [-0.4, -0.2) is 55.5 Å². The van der Waals surface area contributed by atoms with Gasteiger partial charge in [-0.3, -0.25) is 9.69 Å². The Labute approximate surface area is 113 Å². The summed E-state index contributed by atoms with van der Waals surface area (Å²) >= 11 is 0. The van der Waals surface area contributed by atoms with Gasteiger partial charge in [-0.1, -0.05) is 6.07 Å². The Balaban J connectivity index is 1.77. The molecule has 0 saturated carbocycles. The smallest absolute Gasteiger partial charge is 0.236 e. The van der Waals surface area contributed by atoms with Crippen LogP contribution in [0.5, 0.6) is 5.75 Å². The average Bonchev–Trinajstić information content (AvgIpc) is 2.52. The number of hydrogen-bond donors (Lipinski definition) is 1. The van der Waals surface area contributed by atoms with E-state index < -0.39 is 0 Å². The van der Waals surface area contributed by atoms with Crippen molar-refractivity contribution in [2.45, 2.75) is 6.42 Å². The molecule has 0 unspecified atom stereocenters. The normalized spacial score (nSPS) is 17.3. The SMILES string of the molecule is CN1CCCN(CCOc2cccc(N)c2)CC1=O. The summed E-state index contributed by atoms with van der Waals surface area (Å²) in [5, 5.41) is 0. The zero-order valence-electron chi connectivity index (χ0n) is 11.3. The standard InChI is InChI=1S/C14H21N3O2/c1-16-6-3-7-17(11-14(16)18)8-9-19-13-5-2-4-12(15)10-13/h2,4-5,10H,3,6-9,11,15H2,1H3. The lowest BCUT2D eigenvalue weighted by molar-refractivity contribution is -0.129. The second-order valence-corrected chi connectivity index (χ2v) is 4.87. The number of amides is 1. The molecule has 5 nitrogen and oxygen atoms in total. The van der Waals surface area contributed by atoms with Gasteiger partial charge in [0, 0.05) is 38.4 Å². The van der Waals surface area contributed by atoms with Gasteiger partial charge in [0.15, 0.2) is 0 Å². The van der Waals surface area contributed by atoms with Crippen LogP contribution >= 0.6 is 0 Å². The quantitative estimate of drug-likeness (QED) is 0.817. The highest BCUT2D eigenvalue weighted by atomic mass is 16.5. The topological polar surface area (TPSA) is 58.8 Å². The van der Waals surface area contributed by atoms with Crippen molar-refractivity contribution in [1.82, 2.24) is 9.80 Å². The van der Waals surface area contributed by atoms with E-state index in [4.69, 9.17) is 10.5 Å². The number of nitrogen functional groups attached to an aromatic ring is 1. The minimum absolute atomic E-state index is 0.182. The van der Waals surface area contributed by atoms with E-state index in [9.17, 15) is 4.79 Å². The Hall–Kier alpha value is -1.75. The van der Waals surface area contributed by atoms with Crippen molar-refractivity contribution in [3.63, 3.8) is 0 Å². The fourth-order valence-corrected chi connectivity index (χ4v) is 2.14. The molecule has 1 fully saturated rings. The van der Waals surface area contributed by atoms with Crippen LogP contribution in [0.2, 0.25) is 0 Å². The van der Waals surface area contributed by atoms with Gasteiger partial charge in [-0.2, -0.15) is 0 Å². The lowest BCUT2D eigenvalue weighted by atomic mass is 10.3. The zero-order valence-corrected chi connectivity index (χ0v) is 11.3. The second-order valence-electron chi connectivity index (χ2n) is 4.87. The Morgan fingerprint density at radius 1 is 1.37 bits per heavy atom. The number of anilines is 1. The molecule has 0 radical (unpaired) electrons. The number of carbonyl (C=O) groups is 1. The molecule has 0 aliphatic carbocycles. The number of ether oxygens (including phenoxy) is 1. The van der Waals surface area contributed by atoms with Crippen molar-refractivity contribution in [1.29, 1.82) is 0 Å². The number of nitrogens with two attached hydrogens (primary N) is 1. The average molecular weight is 263 g/mol. The van der Waals surface area contributed by atoms with E-state index in [1.54, 1.807) is 11.0 Å². The molecule has 1 amide bonds. The number of carbonyl (C=O) groups excluding carboxylic acids is 1. The van der Waals surface area contributed by atoms with E-state index in [0.29, 0.717) is 18.8 Å². The first kappa shape index (κ1) is 13.7. The molecule has 2 rings (SSSR count). The van der Waals surface area contributed by atoms with Crippen molar-refractivity contribution < 1.29 is 9.53 Å². The van der Waals surface area contributed by atoms with Crippen LogP contribution in [-0.2, 0) is 4.79 Å². The van der Waals surface area contributed by atoms with Gasteiger partial charge in [-0.25, -0.2) is 0 Å². The number of benzene rings is 1. The molecular formula is C14H21N3O2. The molecule has 104 valence electrons. The minimum atomic E-state index is 0.182. The molecule has 1 aliphatic rings. The first-order valence-electron chi connectivity index (χ1n) is 6.60. The molecule has 2 N–H and O–H groups in total. The molecule has 1 aromatic rings. The molecule has 1 heterocycles. The fraction of sp³-hybridized carbons (Fsp3) is 0.500. The third kappa shape index (κ3) is 4.13. The summed E-state index contributed by atoms with van der Waals surface area (Å²) in [5.41, 5.74) is 6.38. The largest absolute Gasteiger partial charge is 0.492 e. The molecule has 0 atom stereocenters. The van der Waals surface area contributed by atoms with Crippen molar-refractivity contribution in [3.8, 4) is 5.75 Å². The molecule has 1 aromatic carbocycles. The summed E-state index contributed by atoms with van der Waals surface area (Å²) in [7, 11) is 1.86. The number of hydrogen-bond acceptors (Lipinski definition) is 4. The number of likely N-dealkylation sites (N-methyl/N-ethyl adjacent to an activating group) is 1. The van der Waals surface area contributed by atoms with Crippen LogP contribution < -0.4 is 10.5 Å². The maximum absolute atomic E-state index is 11.7. The molecule has 0 aromatic heterocycles. The fourth-order valence-electron chi connectivity index (χ4n) is 2.14. The van der Waals surface area contributed by atoms with Gasteiger partial charge in [0.05, 0.1) is 6.54 Å². The molecule has 5 heteroatoms. The van der Waals surface area contributed by atoms with Crippen LogP contribution in [0.3, 0.4) is 0 Å². The Kier molecular flexibility index (Phi) is 4.63. The van der Waals surface area contributed by atoms with E-state index in [0.717, 1.165) is 31.8 Å². The van der Waals surface area contributed by atoms with Crippen LogP contribution in [0.15, 0.2) is 24.3 Å². The van der Waals surface area contributed by atoms with E-state index in [-0.39, 0.29) is 5.91 Å². The van der Waals surface area contributed by atoms with Gasteiger partial charge in [0.1, 0.15) is 12.4 Å². The van der Waals surface area contributed by atoms with Crippen molar-refractivity contribution in [2.24, 2.45) is 0 Å². The molecule has 0 bridgehead atoms. The van der Waals surface area contributed by atoms with Gasteiger partial charge in [0.2, 0.25) is 5.91 Å². The van der Waals surface area contributed by atoms with Crippen molar-refractivity contribution >= 4 is 11.6 Å². The Bertz CT molecular complexity index is 436. The van der Waals surface area contributed by atoms with E-state index >= 15 is 0 Å². The van der Waals surface area contributed by atoms with Crippen LogP contribution in [0, 0.1) is 0 Å². The van der Waals surface area contributed by atoms with E-state index in [2.05, 4.69) is 4.90 Å². The molecule has 0 spiro atoms. The summed E-state index contributed by atoms with van der Waals surface area (Å²) in [4.78, 5) is 15.7. The predicted octanol–water partition coefficient (Wildman–Crippen LogP) is 0.812. The van der Waals surface area contributed by atoms with Gasteiger partial charge in [-0.15, -0.1) is 0 Å². The first-order chi connectivity index (χ1) is 9.15. The summed E-state index contributed by atoms with van der Waals surface area (Å²) in [5.74, 6) is 0.958. The summed E-state index contributed by atoms with van der Waals surface area (Å²) in [6.07, 6.45) is 1.01. The van der Waals surface area contributed by atoms with Crippen LogP contribution in [0.25, 0.3) is 0 Å². The number of nitrogens with zero attached hydrogens (tertiary/aromatic N) is 2.